The second kappa shape index (κ2) is 6.80. The van der Waals surface area contributed by atoms with Crippen LogP contribution in [-0.4, -0.2) is 10.9 Å². The molecule has 1 amide bonds. The van der Waals surface area contributed by atoms with Crippen LogP contribution in [0, 0.1) is 17.8 Å². The van der Waals surface area contributed by atoms with E-state index >= 15 is 0 Å². The highest BCUT2D eigenvalue weighted by molar-refractivity contribution is 7.14. The highest BCUT2D eigenvalue weighted by Crippen LogP contribution is 2.49. The number of fused-ring (bicyclic) bond motifs is 3. The SMILES string of the molecule is O=C(C[C@@H]1C[C@@H]2CC[C@@H]1C2)Nc1nc(-c2ccc3c(c2)CCCC3)cs1. The minimum atomic E-state index is 0.147. The van der Waals surface area contributed by atoms with E-state index in [0.29, 0.717) is 12.3 Å². The monoisotopic (exact) mass is 366 g/mol. The Balaban J connectivity index is 1.24. The Bertz CT molecular complexity index is 827. The number of hydrogen-bond donors (Lipinski definition) is 1. The zero-order chi connectivity index (χ0) is 17.5. The van der Waals surface area contributed by atoms with Gasteiger partial charge in [-0.25, -0.2) is 4.98 Å². The van der Waals surface area contributed by atoms with Crippen LogP contribution in [0.2, 0.25) is 0 Å². The summed E-state index contributed by atoms with van der Waals surface area (Å²) in [5.74, 6) is 2.45. The molecule has 0 saturated heterocycles. The highest BCUT2D eigenvalue weighted by atomic mass is 32.1. The molecule has 5 rings (SSSR count). The van der Waals surface area contributed by atoms with Gasteiger partial charge >= 0.3 is 0 Å². The van der Waals surface area contributed by atoms with E-state index in [9.17, 15) is 4.79 Å². The maximum atomic E-state index is 12.4. The minimum Gasteiger partial charge on any atom is -0.302 e. The van der Waals surface area contributed by atoms with E-state index in [1.165, 1.54) is 68.1 Å². The number of carbonyl (C=O) groups excluding carboxylic acids is 1. The van der Waals surface area contributed by atoms with Crippen LogP contribution in [0.15, 0.2) is 23.6 Å². The summed E-state index contributed by atoms with van der Waals surface area (Å²) in [6.07, 6.45) is 11.0. The second-order valence-corrected chi connectivity index (χ2v) is 9.27. The number of nitrogens with zero attached hydrogens (tertiary/aromatic N) is 1. The molecule has 2 aromatic rings. The molecule has 0 aliphatic heterocycles. The number of rotatable bonds is 4. The van der Waals surface area contributed by atoms with Crippen LogP contribution in [0.4, 0.5) is 5.13 Å². The van der Waals surface area contributed by atoms with Crippen molar-refractivity contribution in [1.29, 1.82) is 0 Å². The lowest BCUT2D eigenvalue weighted by molar-refractivity contribution is -0.117. The Kier molecular flexibility index (Phi) is 4.32. The smallest absolute Gasteiger partial charge is 0.226 e. The molecule has 4 heteroatoms. The first-order valence-electron chi connectivity index (χ1n) is 10.1. The molecule has 3 nitrogen and oxygen atoms in total. The van der Waals surface area contributed by atoms with Gasteiger partial charge in [-0.3, -0.25) is 4.79 Å². The average molecular weight is 367 g/mol. The summed E-state index contributed by atoms with van der Waals surface area (Å²) in [7, 11) is 0. The number of thiazole rings is 1. The van der Waals surface area contributed by atoms with Crippen molar-refractivity contribution in [2.75, 3.05) is 5.32 Å². The van der Waals surface area contributed by atoms with Crippen molar-refractivity contribution in [3.05, 3.63) is 34.7 Å². The molecule has 3 aliphatic rings. The number of aryl methyl sites for hydroxylation is 2. The maximum absolute atomic E-state index is 12.4. The predicted octanol–water partition coefficient (Wildman–Crippen LogP) is 5.45. The maximum Gasteiger partial charge on any atom is 0.226 e. The van der Waals surface area contributed by atoms with E-state index in [0.717, 1.165) is 22.7 Å². The van der Waals surface area contributed by atoms with Crippen molar-refractivity contribution in [3.8, 4) is 11.3 Å². The molecule has 1 N–H and O–H groups in total. The van der Waals surface area contributed by atoms with Crippen LogP contribution in [0.3, 0.4) is 0 Å². The lowest BCUT2D eigenvalue weighted by atomic mass is 9.86. The van der Waals surface area contributed by atoms with E-state index in [-0.39, 0.29) is 5.91 Å². The largest absolute Gasteiger partial charge is 0.302 e. The van der Waals surface area contributed by atoms with E-state index in [4.69, 9.17) is 0 Å². The third kappa shape index (κ3) is 3.20. The summed E-state index contributed by atoms with van der Waals surface area (Å²) in [4.78, 5) is 17.1. The van der Waals surface area contributed by atoms with Crippen LogP contribution in [-0.2, 0) is 17.6 Å². The van der Waals surface area contributed by atoms with Gasteiger partial charge in [-0.15, -0.1) is 11.3 Å². The first-order valence-corrected chi connectivity index (χ1v) is 11.0. The van der Waals surface area contributed by atoms with Crippen LogP contribution in [0.5, 0.6) is 0 Å². The van der Waals surface area contributed by atoms with Crippen molar-refractivity contribution >= 4 is 22.4 Å². The van der Waals surface area contributed by atoms with E-state index in [1.54, 1.807) is 11.3 Å². The predicted molar refractivity (Wildman–Crippen MR) is 106 cm³/mol. The fourth-order valence-electron chi connectivity index (χ4n) is 5.39. The van der Waals surface area contributed by atoms with E-state index in [1.807, 2.05) is 0 Å². The number of amides is 1. The van der Waals surface area contributed by atoms with Gasteiger partial charge in [0.05, 0.1) is 5.69 Å². The van der Waals surface area contributed by atoms with Crippen LogP contribution < -0.4 is 5.32 Å². The molecule has 1 aromatic carbocycles. The molecule has 3 aliphatic carbocycles. The second-order valence-electron chi connectivity index (χ2n) is 8.42. The zero-order valence-corrected chi connectivity index (χ0v) is 16.0. The number of nitrogens with one attached hydrogen (secondary N) is 1. The number of hydrogen-bond acceptors (Lipinski definition) is 3. The Morgan fingerprint density at radius 3 is 2.85 bits per heavy atom. The number of benzene rings is 1. The Hall–Kier alpha value is -1.68. The molecule has 26 heavy (non-hydrogen) atoms. The molecule has 0 unspecified atom stereocenters. The minimum absolute atomic E-state index is 0.147. The molecule has 2 saturated carbocycles. The van der Waals surface area contributed by atoms with Gasteiger partial charge in [0.2, 0.25) is 5.91 Å². The summed E-state index contributed by atoms with van der Waals surface area (Å²) < 4.78 is 0. The first kappa shape index (κ1) is 16.5. The third-order valence-corrected chi connectivity index (χ3v) is 7.48. The van der Waals surface area contributed by atoms with Gasteiger partial charge in [0, 0.05) is 17.4 Å². The molecule has 0 radical (unpaired) electrons. The number of aromatic nitrogens is 1. The van der Waals surface area contributed by atoms with Crippen molar-refractivity contribution in [2.45, 2.75) is 57.8 Å². The quantitative estimate of drug-likeness (QED) is 0.781. The molecule has 1 heterocycles. The van der Waals surface area contributed by atoms with Crippen LogP contribution in [0.25, 0.3) is 11.3 Å². The fraction of sp³-hybridized carbons (Fsp3) is 0.545. The van der Waals surface area contributed by atoms with Crippen LogP contribution in [0.1, 0.15) is 56.1 Å². The Labute approximate surface area is 159 Å². The van der Waals surface area contributed by atoms with Crippen molar-refractivity contribution in [2.24, 2.45) is 17.8 Å². The topological polar surface area (TPSA) is 42.0 Å². The van der Waals surface area contributed by atoms with Gasteiger partial charge in [0.1, 0.15) is 0 Å². The normalized spacial score (nSPS) is 26.7. The van der Waals surface area contributed by atoms with Gasteiger partial charge in [-0.1, -0.05) is 18.6 Å². The van der Waals surface area contributed by atoms with Gasteiger partial charge in [-0.2, -0.15) is 0 Å². The Morgan fingerprint density at radius 1 is 1.15 bits per heavy atom. The van der Waals surface area contributed by atoms with E-state index in [2.05, 4.69) is 33.9 Å². The number of anilines is 1. The summed E-state index contributed by atoms with van der Waals surface area (Å²) in [6.45, 7) is 0. The zero-order valence-electron chi connectivity index (χ0n) is 15.2. The molecular weight excluding hydrogens is 340 g/mol. The highest BCUT2D eigenvalue weighted by Gasteiger charge is 2.40. The van der Waals surface area contributed by atoms with Gasteiger partial charge in [0.15, 0.2) is 5.13 Å². The van der Waals surface area contributed by atoms with Crippen LogP contribution >= 0.6 is 11.3 Å². The molecule has 2 bridgehead atoms. The van der Waals surface area contributed by atoms with Gasteiger partial charge < -0.3 is 5.32 Å². The lowest BCUT2D eigenvalue weighted by Crippen LogP contribution is -2.20. The first-order chi connectivity index (χ1) is 12.7. The van der Waals surface area contributed by atoms with Crippen molar-refractivity contribution in [3.63, 3.8) is 0 Å². The third-order valence-electron chi connectivity index (χ3n) is 6.73. The molecule has 2 fully saturated rings. The van der Waals surface area contributed by atoms with Crippen molar-refractivity contribution < 1.29 is 4.79 Å². The lowest BCUT2D eigenvalue weighted by Gasteiger charge is -2.20. The molecule has 3 atom stereocenters. The average Bonchev–Trinajstić information content (AvgIpc) is 3.38. The fourth-order valence-corrected chi connectivity index (χ4v) is 6.13. The Morgan fingerprint density at radius 2 is 2.04 bits per heavy atom. The summed E-state index contributed by atoms with van der Waals surface area (Å²) in [6, 6.07) is 6.74. The molecule has 1 aromatic heterocycles. The van der Waals surface area contributed by atoms with Gasteiger partial charge in [0.25, 0.3) is 0 Å². The van der Waals surface area contributed by atoms with E-state index < -0.39 is 0 Å². The van der Waals surface area contributed by atoms with Crippen molar-refractivity contribution in [1.82, 2.24) is 4.98 Å². The summed E-state index contributed by atoms with van der Waals surface area (Å²) in [5, 5.41) is 5.86. The van der Waals surface area contributed by atoms with Gasteiger partial charge in [-0.05, 0) is 79.9 Å². The molecule has 0 spiro atoms. The summed E-state index contributed by atoms with van der Waals surface area (Å²) >= 11 is 1.54. The summed E-state index contributed by atoms with van der Waals surface area (Å²) in [5.41, 5.74) is 5.13. The molecular formula is C22H26N2OS. The standard InChI is InChI=1S/C22H26N2OS/c25-21(12-19-10-14-5-6-17(19)9-14)24-22-23-20(13-26-22)18-8-7-15-3-1-2-4-16(15)11-18/h7-8,11,13-14,17,19H,1-6,9-10,12H2,(H,23,24,25)/t14-,17-,19+/m1/s1. The number of carbonyl (C=O) groups is 1. The molecule has 136 valence electrons.